The minimum atomic E-state index is -4.84. The number of aromatic amines is 1. The molecule has 2 aromatic heterocycles. The van der Waals surface area contributed by atoms with Gasteiger partial charge in [-0.25, -0.2) is 9.97 Å². The van der Waals surface area contributed by atoms with Crippen molar-refractivity contribution in [3.63, 3.8) is 0 Å². The Balaban J connectivity index is 1.62. The molecule has 1 amide bonds. The zero-order valence-corrected chi connectivity index (χ0v) is 19.1. The molecule has 4 aromatic rings. The molecule has 0 saturated carbocycles. The van der Waals surface area contributed by atoms with Gasteiger partial charge in [0.25, 0.3) is 5.91 Å². The van der Waals surface area contributed by atoms with E-state index in [-0.39, 0.29) is 11.6 Å². The van der Waals surface area contributed by atoms with E-state index < -0.39 is 23.3 Å². The third kappa shape index (κ3) is 4.13. The summed E-state index contributed by atoms with van der Waals surface area (Å²) in [6, 6.07) is 14.1. The highest BCUT2D eigenvalue weighted by Crippen LogP contribution is 2.39. The average Bonchev–Trinajstić information content (AvgIpc) is 3.29. The Labute approximate surface area is 207 Å². The number of carbonyl (C=O) groups is 1. The highest BCUT2D eigenvalue weighted by molar-refractivity contribution is 6.33. The summed E-state index contributed by atoms with van der Waals surface area (Å²) in [7, 11) is 0. The van der Waals surface area contributed by atoms with Gasteiger partial charge in [0.1, 0.15) is 5.69 Å². The lowest BCUT2D eigenvalue weighted by Gasteiger charge is -2.29. The van der Waals surface area contributed by atoms with Crippen molar-refractivity contribution in [3.8, 4) is 11.3 Å². The van der Waals surface area contributed by atoms with E-state index in [4.69, 9.17) is 23.1 Å². The number of anilines is 2. The molecular weight excluding hydrogens is 495 g/mol. The number of amides is 1. The second-order valence-corrected chi connectivity index (χ2v) is 8.38. The summed E-state index contributed by atoms with van der Waals surface area (Å²) in [6.45, 7) is 0.401. The predicted molar refractivity (Wildman–Crippen MR) is 129 cm³/mol. The van der Waals surface area contributed by atoms with Crippen LogP contribution in [-0.4, -0.2) is 26.1 Å². The molecule has 0 spiro atoms. The lowest BCUT2D eigenvalue weighted by Crippen LogP contribution is -2.23. The third-order valence-corrected chi connectivity index (χ3v) is 6.03. The van der Waals surface area contributed by atoms with Crippen LogP contribution in [0.25, 0.3) is 16.8 Å². The van der Waals surface area contributed by atoms with Gasteiger partial charge in [-0.3, -0.25) is 9.89 Å². The van der Waals surface area contributed by atoms with Crippen LogP contribution in [0.3, 0.4) is 0 Å². The molecule has 0 bridgehead atoms. The molecule has 0 aliphatic carbocycles. The van der Waals surface area contributed by atoms with Crippen molar-refractivity contribution in [2.24, 2.45) is 5.73 Å². The monoisotopic (exact) mass is 511 g/mol. The highest BCUT2D eigenvalue weighted by Gasteiger charge is 2.40. The molecule has 1 aliphatic rings. The summed E-state index contributed by atoms with van der Waals surface area (Å²) in [5.41, 5.74) is 12.4. The number of primary amides is 1. The highest BCUT2D eigenvalue weighted by atomic mass is 35.5. The molecule has 0 fully saturated rings. The summed E-state index contributed by atoms with van der Waals surface area (Å²) >= 11 is 6.56. The molecule has 12 heteroatoms. The van der Waals surface area contributed by atoms with Crippen LogP contribution in [0.5, 0.6) is 0 Å². The maximum Gasteiger partial charge on any atom is 0.433 e. The average molecular weight is 512 g/mol. The molecule has 5 N–H and O–H groups in total. The number of rotatable bonds is 4. The summed E-state index contributed by atoms with van der Waals surface area (Å²) in [4.78, 5) is 21.9. The molecule has 182 valence electrons. The molecule has 2 aromatic carbocycles. The minimum Gasteiger partial charge on any atom is -0.368 e. The molecule has 0 atom stereocenters. The van der Waals surface area contributed by atoms with Gasteiger partial charge in [0.15, 0.2) is 5.69 Å². The van der Waals surface area contributed by atoms with Crippen LogP contribution in [-0.2, 0) is 12.7 Å². The van der Waals surface area contributed by atoms with Crippen molar-refractivity contribution in [1.29, 1.82) is 0 Å². The van der Waals surface area contributed by atoms with E-state index in [1.54, 1.807) is 47.5 Å². The van der Waals surface area contributed by atoms with E-state index in [2.05, 4.69) is 15.1 Å². The number of hydrogen-bond donors (Lipinski definition) is 3. The number of alkyl halides is 3. The van der Waals surface area contributed by atoms with Crippen LogP contribution in [0.1, 0.15) is 32.9 Å². The summed E-state index contributed by atoms with van der Waals surface area (Å²) in [5.74, 6) is -1.13. The van der Waals surface area contributed by atoms with Crippen molar-refractivity contribution < 1.29 is 18.0 Å². The van der Waals surface area contributed by atoms with Gasteiger partial charge in [-0.15, -0.1) is 0 Å². The number of nitrogen functional groups attached to an aromatic ring is 1. The van der Waals surface area contributed by atoms with E-state index >= 15 is 0 Å². The first-order valence-electron chi connectivity index (χ1n) is 10.5. The van der Waals surface area contributed by atoms with Crippen molar-refractivity contribution in [2.75, 3.05) is 10.6 Å². The smallest absolute Gasteiger partial charge is 0.368 e. The molecule has 0 unspecified atom stereocenters. The van der Waals surface area contributed by atoms with E-state index in [0.717, 1.165) is 5.56 Å². The van der Waals surface area contributed by atoms with Gasteiger partial charge in [-0.2, -0.15) is 18.3 Å². The summed E-state index contributed by atoms with van der Waals surface area (Å²) in [5, 5.41) is 6.17. The molecule has 5 rings (SSSR count). The molecule has 8 nitrogen and oxygen atoms in total. The van der Waals surface area contributed by atoms with Crippen LogP contribution in [0.2, 0.25) is 5.02 Å². The number of nitrogens with two attached hydrogens (primary N) is 2. The number of nitrogens with zero attached hydrogens (tertiary/aromatic N) is 4. The van der Waals surface area contributed by atoms with Crippen LogP contribution < -0.4 is 16.4 Å². The number of H-pyrrole nitrogens is 1. The number of benzene rings is 2. The summed E-state index contributed by atoms with van der Waals surface area (Å²) < 4.78 is 40.6. The fourth-order valence-electron chi connectivity index (χ4n) is 4.13. The van der Waals surface area contributed by atoms with Crippen LogP contribution in [0, 0.1) is 0 Å². The number of carbonyl (C=O) groups excluding carboxylic acids is 1. The van der Waals surface area contributed by atoms with Crippen LogP contribution >= 0.6 is 11.6 Å². The van der Waals surface area contributed by atoms with E-state index in [0.29, 0.717) is 39.6 Å². The van der Waals surface area contributed by atoms with Crippen LogP contribution in [0.15, 0.2) is 60.9 Å². The fraction of sp³-hybridized carbons (Fsp3) is 0.0833. The Morgan fingerprint density at radius 2 is 1.89 bits per heavy atom. The maximum absolute atomic E-state index is 13.5. The normalized spacial score (nSPS) is 13.3. The number of hydrogen-bond acceptors (Lipinski definition) is 6. The first-order chi connectivity index (χ1) is 17.1. The zero-order valence-electron chi connectivity index (χ0n) is 18.3. The van der Waals surface area contributed by atoms with Gasteiger partial charge < -0.3 is 16.4 Å². The van der Waals surface area contributed by atoms with Crippen molar-refractivity contribution in [1.82, 2.24) is 20.2 Å². The molecule has 0 radical (unpaired) electrons. The standard InChI is InChI=1S/C24H17ClF3N7O/c25-17-9-13(5-6-15(17)18-7-8-31-23(30)32-18)35-10-12-3-1-2-4-14(12)16(11-35)20-19(22(29)36)21(34-33-20)24(26,27)28/h1-9,11H,10H2,(H2,29,36)(H,33,34)(H2,30,31,32). The van der Waals surface area contributed by atoms with Crippen molar-refractivity contribution in [3.05, 3.63) is 94.0 Å². The van der Waals surface area contributed by atoms with Gasteiger partial charge in [0.05, 0.1) is 16.3 Å². The van der Waals surface area contributed by atoms with Gasteiger partial charge in [0.2, 0.25) is 5.95 Å². The Bertz CT molecular complexity index is 1530. The summed E-state index contributed by atoms with van der Waals surface area (Å²) in [6.07, 6.45) is -1.69. The second-order valence-electron chi connectivity index (χ2n) is 7.98. The third-order valence-electron chi connectivity index (χ3n) is 5.72. The lowest BCUT2D eigenvalue weighted by atomic mass is 9.92. The minimum absolute atomic E-state index is 0.107. The largest absolute Gasteiger partial charge is 0.433 e. The second kappa shape index (κ2) is 8.68. The van der Waals surface area contributed by atoms with Crippen molar-refractivity contribution in [2.45, 2.75) is 12.7 Å². The number of halogens is 4. The van der Waals surface area contributed by atoms with Crippen LogP contribution in [0.4, 0.5) is 24.8 Å². The Hall–Kier alpha value is -4.38. The number of fused-ring (bicyclic) bond motifs is 1. The number of nitrogens with one attached hydrogen (secondary N) is 1. The fourth-order valence-corrected chi connectivity index (χ4v) is 4.40. The van der Waals surface area contributed by atoms with E-state index in [1.165, 1.54) is 6.20 Å². The number of aromatic nitrogens is 4. The predicted octanol–water partition coefficient (Wildman–Crippen LogP) is 4.63. The Kier molecular flexibility index (Phi) is 5.64. The SMILES string of the molecule is NC(=O)c1c(C2=CN(c3ccc(-c4ccnc(N)n4)c(Cl)c3)Cc3ccccc32)n[nH]c1C(F)(F)F. The van der Waals surface area contributed by atoms with Crippen molar-refractivity contribution >= 4 is 34.7 Å². The first kappa shape index (κ1) is 23.4. The van der Waals surface area contributed by atoms with Gasteiger partial charge in [-0.05, 0) is 35.4 Å². The van der Waals surface area contributed by atoms with E-state index in [1.807, 2.05) is 17.2 Å². The zero-order chi connectivity index (χ0) is 25.6. The molecule has 36 heavy (non-hydrogen) atoms. The molecule has 1 aliphatic heterocycles. The topological polar surface area (TPSA) is 127 Å². The van der Waals surface area contributed by atoms with E-state index in [9.17, 15) is 18.0 Å². The molecule has 0 saturated heterocycles. The maximum atomic E-state index is 13.5. The van der Waals surface area contributed by atoms with Gasteiger partial charge in [-0.1, -0.05) is 35.9 Å². The molecule has 3 heterocycles. The van der Waals surface area contributed by atoms with Gasteiger partial charge in [0, 0.05) is 35.8 Å². The Morgan fingerprint density at radius 1 is 1.11 bits per heavy atom. The lowest BCUT2D eigenvalue weighted by molar-refractivity contribution is -0.141. The first-order valence-corrected chi connectivity index (χ1v) is 10.9. The molecular formula is C24H17ClF3N7O. The Morgan fingerprint density at radius 3 is 2.58 bits per heavy atom. The van der Waals surface area contributed by atoms with Gasteiger partial charge >= 0.3 is 6.18 Å². The quantitative estimate of drug-likeness (QED) is 0.366.